The molecular weight excluding hydrogens is 248 g/mol. The summed E-state index contributed by atoms with van der Waals surface area (Å²) in [7, 11) is 0. The lowest BCUT2D eigenvalue weighted by molar-refractivity contribution is -0.145. The van der Waals surface area contributed by atoms with Crippen molar-refractivity contribution in [3.8, 4) is 5.75 Å². The molecule has 0 aliphatic rings. The highest BCUT2D eigenvalue weighted by molar-refractivity contribution is 5.69. The van der Waals surface area contributed by atoms with Crippen LogP contribution in [0.3, 0.4) is 0 Å². The van der Waals surface area contributed by atoms with E-state index in [1.165, 1.54) is 19.1 Å². The molecule has 1 rings (SSSR count). The lowest BCUT2D eigenvalue weighted by Gasteiger charge is -2.17. The molecular formula is C14H18O5. The smallest absolute Gasteiger partial charge is 0.305 e. The molecule has 5 heteroatoms. The van der Waals surface area contributed by atoms with Crippen LogP contribution in [0.2, 0.25) is 0 Å². The number of hydrogen-bond acceptors (Lipinski definition) is 5. The number of benzene rings is 1. The monoisotopic (exact) mass is 266 g/mol. The molecule has 0 saturated carbocycles. The molecule has 1 aromatic carbocycles. The number of carbonyl (C=O) groups is 2. The summed E-state index contributed by atoms with van der Waals surface area (Å²) in [6.45, 7) is 3.32. The first-order valence-electron chi connectivity index (χ1n) is 6.10. The predicted octanol–water partition coefficient (Wildman–Crippen LogP) is 1.99. The standard InChI is InChI=1S/C14H18O5/c1-3-14(17)19-9-12(8-18-10(2)15)11-4-6-13(16)7-5-11/h4-7,12,16H,3,8-9H2,1-2H3. The van der Waals surface area contributed by atoms with Crippen molar-refractivity contribution >= 4 is 11.9 Å². The Morgan fingerprint density at radius 1 is 1.16 bits per heavy atom. The molecule has 5 nitrogen and oxygen atoms in total. The molecule has 1 aromatic rings. The fourth-order valence-electron chi connectivity index (χ4n) is 1.50. The first kappa shape index (κ1) is 15.0. The average molecular weight is 266 g/mol. The van der Waals surface area contributed by atoms with Crippen molar-refractivity contribution in [2.45, 2.75) is 26.2 Å². The fraction of sp³-hybridized carbons (Fsp3) is 0.429. The third kappa shape index (κ3) is 5.42. The Morgan fingerprint density at radius 2 is 1.74 bits per heavy atom. The van der Waals surface area contributed by atoms with Crippen LogP contribution in [0.5, 0.6) is 5.75 Å². The van der Waals surface area contributed by atoms with Crippen LogP contribution in [-0.4, -0.2) is 30.3 Å². The number of rotatable bonds is 6. The van der Waals surface area contributed by atoms with Crippen LogP contribution in [0.4, 0.5) is 0 Å². The highest BCUT2D eigenvalue weighted by Gasteiger charge is 2.15. The lowest BCUT2D eigenvalue weighted by atomic mass is 10.0. The first-order valence-corrected chi connectivity index (χ1v) is 6.10. The van der Waals surface area contributed by atoms with Gasteiger partial charge in [0.25, 0.3) is 0 Å². The average Bonchev–Trinajstić information content (AvgIpc) is 2.39. The Morgan fingerprint density at radius 3 is 2.26 bits per heavy atom. The van der Waals surface area contributed by atoms with E-state index in [-0.39, 0.29) is 36.8 Å². The molecule has 104 valence electrons. The highest BCUT2D eigenvalue weighted by atomic mass is 16.5. The molecule has 0 fully saturated rings. The minimum atomic E-state index is -0.384. The van der Waals surface area contributed by atoms with Crippen LogP contribution in [0.25, 0.3) is 0 Å². The van der Waals surface area contributed by atoms with Gasteiger partial charge in [-0.2, -0.15) is 0 Å². The van der Waals surface area contributed by atoms with E-state index in [0.29, 0.717) is 6.42 Å². The normalized spacial score (nSPS) is 11.7. The number of hydrogen-bond donors (Lipinski definition) is 1. The largest absolute Gasteiger partial charge is 0.508 e. The van der Waals surface area contributed by atoms with Crippen molar-refractivity contribution in [2.24, 2.45) is 0 Å². The molecule has 19 heavy (non-hydrogen) atoms. The Labute approximate surface area is 112 Å². The summed E-state index contributed by atoms with van der Waals surface area (Å²) in [5, 5.41) is 9.24. The van der Waals surface area contributed by atoms with Crippen molar-refractivity contribution in [1.29, 1.82) is 0 Å². The Kier molecular flexibility index (Phi) is 5.85. The lowest BCUT2D eigenvalue weighted by Crippen LogP contribution is -2.18. The molecule has 0 radical (unpaired) electrons. The van der Waals surface area contributed by atoms with Crippen LogP contribution in [-0.2, 0) is 19.1 Å². The maximum Gasteiger partial charge on any atom is 0.305 e. The molecule has 0 aliphatic carbocycles. The SMILES string of the molecule is CCC(=O)OCC(COC(C)=O)c1ccc(O)cc1. The maximum atomic E-state index is 11.2. The number of phenols is 1. The minimum absolute atomic E-state index is 0.136. The van der Waals surface area contributed by atoms with Gasteiger partial charge in [-0.05, 0) is 17.7 Å². The molecule has 0 spiro atoms. The first-order chi connectivity index (χ1) is 9.02. The number of carbonyl (C=O) groups excluding carboxylic acids is 2. The van der Waals surface area contributed by atoms with Crippen LogP contribution in [0.1, 0.15) is 31.7 Å². The molecule has 0 bridgehead atoms. The second-order valence-corrected chi connectivity index (χ2v) is 4.13. The summed E-state index contributed by atoms with van der Waals surface area (Å²) >= 11 is 0. The van der Waals surface area contributed by atoms with Crippen LogP contribution < -0.4 is 0 Å². The Hall–Kier alpha value is -2.04. The van der Waals surface area contributed by atoms with Gasteiger partial charge in [-0.15, -0.1) is 0 Å². The summed E-state index contributed by atoms with van der Waals surface area (Å²) in [6, 6.07) is 6.50. The van der Waals surface area contributed by atoms with E-state index in [2.05, 4.69) is 0 Å². The quantitative estimate of drug-likeness (QED) is 0.797. The summed E-state index contributed by atoms with van der Waals surface area (Å²) in [5.41, 5.74) is 0.836. The maximum absolute atomic E-state index is 11.2. The topological polar surface area (TPSA) is 72.8 Å². The summed E-state index contributed by atoms with van der Waals surface area (Å²) in [5.74, 6) is -0.766. The number of esters is 2. The van der Waals surface area contributed by atoms with Crippen molar-refractivity contribution in [1.82, 2.24) is 0 Å². The van der Waals surface area contributed by atoms with E-state index in [1.807, 2.05) is 0 Å². The minimum Gasteiger partial charge on any atom is -0.508 e. The van der Waals surface area contributed by atoms with Gasteiger partial charge in [-0.1, -0.05) is 19.1 Å². The number of aromatic hydroxyl groups is 1. The van der Waals surface area contributed by atoms with Gasteiger partial charge in [0.1, 0.15) is 19.0 Å². The molecule has 0 heterocycles. The van der Waals surface area contributed by atoms with Gasteiger partial charge in [0, 0.05) is 13.3 Å². The zero-order valence-corrected chi connectivity index (χ0v) is 11.1. The van der Waals surface area contributed by atoms with E-state index >= 15 is 0 Å². The van der Waals surface area contributed by atoms with Gasteiger partial charge < -0.3 is 14.6 Å². The van der Waals surface area contributed by atoms with Gasteiger partial charge in [-0.25, -0.2) is 0 Å². The van der Waals surface area contributed by atoms with Crippen molar-refractivity contribution in [2.75, 3.05) is 13.2 Å². The molecule has 1 atom stereocenters. The van der Waals surface area contributed by atoms with Gasteiger partial charge in [-0.3, -0.25) is 9.59 Å². The molecule has 1 N–H and O–H groups in total. The summed E-state index contributed by atoms with van der Waals surface area (Å²) in [6.07, 6.45) is 0.301. The van der Waals surface area contributed by atoms with Crippen LogP contribution in [0, 0.1) is 0 Å². The molecule has 0 saturated heterocycles. The molecule has 1 unspecified atom stereocenters. The number of ether oxygens (including phenoxy) is 2. The zero-order valence-electron chi connectivity index (χ0n) is 11.1. The second kappa shape index (κ2) is 7.41. The van der Waals surface area contributed by atoms with E-state index in [0.717, 1.165) is 5.56 Å². The highest BCUT2D eigenvalue weighted by Crippen LogP contribution is 2.20. The van der Waals surface area contributed by atoms with E-state index in [4.69, 9.17) is 9.47 Å². The van der Waals surface area contributed by atoms with Gasteiger partial charge in [0.05, 0.1) is 5.92 Å². The molecule has 0 aliphatic heterocycles. The third-order valence-corrected chi connectivity index (χ3v) is 2.59. The summed E-state index contributed by atoms with van der Waals surface area (Å²) in [4.78, 5) is 22.0. The van der Waals surface area contributed by atoms with Crippen LogP contribution >= 0.6 is 0 Å². The van der Waals surface area contributed by atoms with Crippen molar-refractivity contribution in [3.05, 3.63) is 29.8 Å². The summed E-state index contributed by atoms with van der Waals surface area (Å²) < 4.78 is 10.0. The Balaban J connectivity index is 2.70. The molecule has 0 amide bonds. The Bertz CT molecular complexity index is 424. The van der Waals surface area contributed by atoms with E-state index in [1.54, 1.807) is 19.1 Å². The van der Waals surface area contributed by atoms with Crippen molar-refractivity contribution < 1.29 is 24.2 Å². The zero-order chi connectivity index (χ0) is 14.3. The van der Waals surface area contributed by atoms with Gasteiger partial charge in [0.2, 0.25) is 0 Å². The van der Waals surface area contributed by atoms with E-state index in [9.17, 15) is 14.7 Å². The third-order valence-electron chi connectivity index (χ3n) is 2.59. The number of phenolic OH excluding ortho intramolecular Hbond substituents is 1. The van der Waals surface area contributed by atoms with Gasteiger partial charge >= 0.3 is 11.9 Å². The molecule has 0 aromatic heterocycles. The van der Waals surface area contributed by atoms with Crippen molar-refractivity contribution in [3.63, 3.8) is 0 Å². The van der Waals surface area contributed by atoms with Gasteiger partial charge in [0.15, 0.2) is 0 Å². The predicted molar refractivity (Wildman–Crippen MR) is 68.7 cm³/mol. The van der Waals surface area contributed by atoms with Crippen LogP contribution in [0.15, 0.2) is 24.3 Å². The fourth-order valence-corrected chi connectivity index (χ4v) is 1.50. The second-order valence-electron chi connectivity index (χ2n) is 4.13. The van der Waals surface area contributed by atoms with E-state index < -0.39 is 0 Å².